The molecule has 0 amide bonds. The van der Waals surface area contributed by atoms with Crippen LogP contribution >= 0.6 is 0 Å². The summed E-state index contributed by atoms with van der Waals surface area (Å²) in [6.07, 6.45) is 81.3. The number of hydrogen-bond donors (Lipinski definition) is 0. The maximum Gasteiger partial charge on any atom is 0.306 e. The van der Waals surface area contributed by atoms with E-state index in [4.69, 9.17) is 14.2 Å². The Morgan fingerprint density at radius 1 is 0.288 bits per heavy atom. The van der Waals surface area contributed by atoms with E-state index in [2.05, 4.69) is 118 Å². The first-order valence-corrected chi connectivity index (χ1v) is 30.7. The number of rotatable bonds is 55. The third kappa shape index (κ3) is 59.1. The van der Waals surface area contributed by atoms with Crippen LogP contribution in [0.2, 0.25) is 0 Å². The minimum absolute atomic E-state index is 0.0968. The van der Waals surface area contributed by atoms with Crippen LogP contribution in [-0.4, -0.2) is 37.2 Å². The molecule has 6 heteroatoms. The molecule has 0 aromatic heterocycles. The average Bonchev–Trinajstić information content (AvgIpc) is 3.39. The van der Waals surface area contributed by atoms with E-state index in [1.54, 1.807) is 0 Å². The van der Waals surface area contributed by atoms with Crippen LogP contribution in [0.5, 0.6) is 0 Å². The van der Waals surface area contributed by atoms with Crippen molar-refractivity contribution in [3.8, 4) is 0 Å². The van der Waals surface area contributed by atoms with E-state index < -0.39 is 6.10 Å². The van der Waals surface area contributed by atoms with Crippen LogP contribution in [0.1, 0.15) is 290 Å². The Morgan fingerprint density at radius 2 is 0.534 bits per heavy atom. The highest BCUT2D eigenvalue weighted by Crippen LogP contribution is 2.16. The van der Waals surface area contributed by atoms with Gasteiger partial charge in [-0.1, -0.05) is 253 Å². The largest absolute Gasteiger partial charge is 0.462 e. The third-order valence-corrected chi connectivity index (χ3v) is 13.1. The van der Waals surface area contributed by atoms with E-state index >= 15 is 0 Å². The van der Waals surface area contributed by atoms with Crippen molar-refractivity contribution in [2.45, 2.75) is 297 Å². The highest BCUT2D eigenvalue weighted by atomic mass is 16.6. The molecule has 6 nitrogen and oxygen atoms in total. The standard InChI is InChI=1S/C67H114O6/c1-4-7-10-13-16-19-22-25-27-29-30-31-32-33-34-35-36-38-39-42-45-48-51-54-57-60-66(69)72-63-64(62-71-65(68)59-56-53-50-47-44-41-24-21-18-15-12-9-6-3)73-67(70)61-58-55-52-49-46-43-40-37-28-26-23-20-17-14-11-8-5-2/h8-9,11-12,17-18,20-21,26,28-30,40-41,43-44,64H,4-7,10,13-16,19,22-25,27,31-39,42,45-63H2,1-3H3/b11-8-,12-9-,20-17-,21-18-,28-26-,30-29-,43-40-,44-41-. The van der Waals surface area contributed by atoms with Gasteiger partial charge < -0.3 is 14.2 Å². The molecular formula is C67H114O6. The summed E-state index contributed by atoms with van der Waals surface area (Å²) in [6, 6.07) is 0. The predicted octanol–water partition coefficient (Wildman–Crippen LogP) is 20.9. The molecule has 1 unspecified atom stereocenters. The maximum absolute atomic E-state index is 12.9. The molecule has 0 radical (unpaired) electrons. The Morgan fingerprint density at radius 3 is 0.863 bits per heavy atom. The van der Waals surface area contributed by atoms with Crippen molar-refractivity contribution in [3.05, 3.63) is 97.2 Å². The van der Waals surface area contributed by atoms with Crippen molar-refractivity contribution in [1.29, 1.82) is 0 Å². The second-order valence-corrected chi connectivity index (χ2v) is 20.2. The van der Waals surface area contributed by atoms with Gasteiger partial charge in [0.1, 0.15) is 13.2 Å². The fourth-order valence-electron chi connectivity index (χ4n) is 8.50. The lowest BCUT2D eigenvalue weighted by Gasteiger charge is -2.18. The number of allylic oxidation sites excluding steroid dienone is 16. The Balaban J connectivity index is 4.33. The van der Waals surface area contributed by atoms with Crippen LogP contribution in [-0.2, 0) is 28.6 Å². The molecule has 0 aliphatic heterocycles. The van der Waals surface area contributed by atoms with Crippen LogP contribution in [0.25, 0.3) is 0 Å². The molecule has 0 heterocycles. The fourth-order valence-corrected chi connectivity index (χ4v) is 8.50. The van der Waals surface area contributed by atoms with Gasteiger partial charge in [-0.15, -0.1) is 0 Å². The monoisotopic (exact) mass is 1010 g/mol. The average molecular weight is 1020 g/mol. The molecule has 0 aliphatic rings. The fraction of sp³-hybridized carbons (Fsp3) is 0.716. The quantitative estimate of drug-likeness (QED) is 0.0261. The van der Waals surface area contributed by atoms with Gasteiger partial charge in [0, 0.05) is 19.3 Å². The summed E-state index contributed by atoms with van der Waals surface area (Å²) >= 11 is 0. The molecule has 0 aliphatic carbocycles. The normalized spacial score (nSPS) is 12.8. The van der Waals surface area contributed by atoms with Gasteiger partial charge >= 0.3 is 17.9 Å². The lowest BCUT2D eigenvalue weighted by atomic mass is 10.0. The zero-order chi connectivity index (χ0) is 52.9. The van der Waals surface area contributed by atoms with Crippen LogP contribution in [0.4, 0.5) is 0 Å². The van der Waals surface area contributed by atoms with Gasteiger partial charge in [-0.05, 0) is 116 Å². The molecule has 0 saturated carbocycles. The van der Waals surface area contributed by atoms with E-state index in [1.807, 2.05) is 0 Å². The van der Waals surface area contributed by atoms with Crippen molar-refractivity contribution in [2.24, 2.45) is 0 Å². The molecule has 0 aromatic rings. The van der Waals surface area contributed by atoms with Crippen molar-refractivity contribution < 1.29 is 28.6 Å². The van der Waals surface area contributed by atoms with Crippen LogP contribution in [0.15, 0.2) is 97.2 Å². The highest BCUT2D eigenvalue weighted by molar-refractivity contribution is 5.71. The van der Waals surface area contributed by atoms with E-state index in [-0.39, 0.29) is 31.1 Å². The molecule has 0 bridgehead atoms. The van der Waals surface area contributed by atoms with E-state index in [0.717, 1.165) is 122 Å². The lowest BCUT2D eigenvalue weighted by Crippen LogP contribution is -2.30. The topological polar surface area (TPSA) is 78.9 Å². The smallest absolute Gasteiger partial charge is 0.306 e. The lowest BCUT2D eigenvalue weighted by molar-refractivity contribution is -0.167. The summed E-state index contributed by atoms with van der Waals surface area (Å²) in [4.78, 5) is 38.2. The zero-order valence-electron chi connectivity index (χ0n) is 47.9. The number of esters is 3. The first-order valence-electron chi connectivity index (χ1n) is 30.7. The highest BCUT2D eigenvalue weighted by Gasteiger charge is 2.19. The van der Waals surface area contributed by atoms with Gasteiger partial charge in [-0.25, -0.2) is 0 Å². The summed E-state index contributed by atoms with van der Waals surface area (Å²) < 4.78 is 16.8. The molecule has 0 aromatic carbocycles. The second-order valence-electron chi connectivity index (χ2n) is 20.2. The number of hydrogen-bond acceptors (Lipinski definition) is 6. The molecule has 0 rings (SSSR count). The molecule has 0 N–H and O–H groups in total. The minimum atomic E-state index is -0.804. The number of unbranched alkanes of at least 4 members (excludes halogenated alkanes) is 28. The summed E-state index contributed by atoms with van der Waals surface area (Å²) in [7, 11) is 0. The summed E-state index contributed by atoms with van der Waals surface area (Å²) in [6.45, 7) is 6.38. The number of carbonyl (C=O) groups excluding carboxylic acids is 3. The molecule has 1 atom stereocenters. The van der Waals surface area contributed by atoms with Gasteiger partial charge in [-0.2, -0.15) is 0 Å². The predicted molar refractivity (Wildman–Crippen MR) is 316 cm³/mol. The molecule has 0 spiro atoms. The third-order valence-electron chi connectivity index (χ3n) is 13.1. The number of ether oxygens (including phenoxy) is 3. The molecule has 0 saturated heterocycles. The van der Waals surface area contributed by atoms with Gasteiger partial charge in [0.25, 0.3) is 0 Å². The molecule has 0 fully saturated rings. The first kappa shape index (κ1) is 69.3. The van der Waals surface area contributed by atoms with E-state index in [0.29, 0.717) is 19.3 Å². The van der Waals surface area contributed by atoms with Crippen molar-refractivity contribution in [1.82, 2.24) is 0 Å². The maximum atomic E-state index is 12.9. The van der Waals surface area contributed by atoms with Crippen molar-refractivity contribution in [2.75, 3.05) is 13.2 Å². The van der Waals surface area contributed by atoms with Gasteiger partial charge in [0.05, 0.1) is 0 Å². The van der Waals surface area contributed by atoms with Crippen LogP contribution in [0, 0.1) is 0 Å². The molecule has 73 heavy (non-hydrogen) atoms. The summed E-state index contributed by atoms with van der Waals surface area (Å²) in [5.41, 5.74) is 0. The van der Waals surface area contributed by atoms with Gasteiger partial charge in [0.2, 0.25) is 0 Å². The summed E-state index contributed by atoms with van der Waals surface area (Å²) in [5.74, 6) is -0.946. The van der Waals surface area contributed by atoms with Crippen molar-refractivity contribution >= 4 is 17.9 Å². The Kier molecular flexibility index (Phi) is 57.8. The number of carbonyl (C=O) groups is 3. The van der Waals surface area contributed by atoms with Gasteiger partial charge in [-0.3, -0.25) is 14.4 Å². The Hall–Kier alpha value is -3.67. The van der Waals surface area contributed by atoms with Crippen LogP contribution in [0.3, 0.4) is 0 Å². The first-order chi connectivity index (χ1) is 36.0. The SMILES string of the molecule is CC/C=C\C/C=C\C/C=C\C/C=C\CCCCCCC(=O)OC(COC(=O)CCCCC/C=C\C/C=C\C/C=C\CC)COC(=O)CCCCCCCCCCCCCCC/C=C\CCCCCCCCCC. The van der Waals surface area contributed by atoms with E-state index in [1.165, 1.54) is 128 Å². The zero-order valence-corrected chi connectivity index (χ0v) is 47.9. The Bertz CT molecular complexity index is 1440. The van der Waals surface area contributed by atoms with E-state index in [9.17, 15) is 14.4 Å². The second kappa shape index (κ2) is 60.9. The summed E-state index contributed by atoms with van der Waals surface area (Å²) in [5, 5.41) is 0. The molecule has 418 valence electrons. The minimum Gasteiger partial charge on any atom is -0.462 e. The van der Waals surface area contributed by atoms with Crippen LogP contribution < -0.4 is 0 Å². The Labute approximate surface area is 451 Å². The van der Waals surface area contributed by atoms with Gasteiger partial charge in [0.15, 0.2) is 6.10 Å². The van der Waals surface area contributed by atoms with Crippen molar-refractivity contribution in [3.63, 3.8) is 0 Å². The molecular weight excluding hydrogens is 901 g/mol.